The number of amides is 1. The van der Waals surface area contributed by atoms with Crippen LogP contribution in [0, 0.1) is 0 Å². The van der Waals surface area contributed by atoms with Crippen LogP contribution in [0.4, 0.5) is 0 Å². The third kappa shape index (κ3) is 6.32. The molecule has 6 nitrogen and oxygen atoms in total. The Balaban J connectivity index is 2.02. The summed E-state index contributed by atoms with van der Waals surface area (Å²) in [6.07, 6.45) is 3.11. The van der Waals surface area contributed by atoms with E-state index in [1.807, 2.05) is 32.0 Å². The first-order valence-corrected chi connectivity index (χ1v) is 9.66. The van der Waals surface area contributed by atoms with E-state index in [0.717, 1.165) is 11.1 Å². The molecule has 0 unspecified atom stereocenters. The highest BCUT2D eigenvalue weighted by Crippen LogP contribution is 2.36. The van der Waals surface area contributed by atoms with Crippen molar-refractivity contribution in [2.24, 2.45) is 0 Å². The van der Waals surface area contributed by atoms with Crippen LogP contribution >= 0.6 is 11.6 Å². The fourth-order valence-corrected chi connectivity index (χ4v) is 2.91. The van der Waals surface area contributed by atoms with Crippen molar-refractivity contribution in [3.8, 4) is 23.0 Å². The van der Waals surface area contributed by atoms with Gasteiger partial charge in [-0.15, -0.1) is 0 Å². The van der Waals surface area contributed by atoms with Gasteiger partial charge in [-0.1, -0.05) is 17.7 Å². The van der Waals surface area contributed by atoms with Crippen molar-refractivity contribution >= 4 is 23.6 Å². The van der Waals surface area contributed by atoms with Crippen molar-refractivity contribution in [1.29, 1.82) is 0 Å². The van der Waals surface area contributed by atoms with Gasteiger partial charge in [-0.3, -0.25) is 4.79 Å². The minimum absolute atomic E-state index is 0.234. The normalized spacial score (nSPS) is 10.7. The molecule has 1 amide bonds. The molecule has 0 spiro atoms. The lowest BCUT2D eigenvalue weighted by Gasteiger charge is -2.12. The summed E-state index contributed by atoms with van der Waals surface area (Å²) in [4.78, 5) is 12.2. The van der Waals surface area contributed by atoms with E-state index < -0.39 is 0 Å². The fraction of sp³-hybridized carbons (Fsp3) is 0.318. The number of halogens is 1. The van der Waals surface area contributed by atoms with Gasteiger partial charge in [0.2, 0.25) is 5.91 Å². The Bertz CT molecular complexity index is 867. The van der Waals surface area contributed by atoms with Crippen LogP contribution in [-0.2, 0) is 11.3 Å². The van der Waals surface area contributed by atoms with E-state index in [0.29, 0.717) is 47.8 Å². The molecular weight excluding hydrogens is 394 g/mol. The number of carbonyl (C=O) groups excluding carboxylic acids is 1. The number of carbonyl (C=O) groups is 1. The van der Waals surface area contributed by atoms with Gasteiger partial charge in [-0.05, 0) is 55.3 Å². The Hall–Kier alpha value is -2.86. The summed E-state index contributed by atoms with van der Waals surface area (Å²) in [5.41, 5.74) is 1.63. The zero-order valence-corrected chi connectivity index (χ0v) is 17.8. The molecule has 2 rings (SSSR count). The Morgan fingerprint density at radius 1 is 1.00 bits per heavy atom. The van der Waals surface area contributed by atoms with E-state index >= 15 is 0 Å². The summed E-state index contributed by atoms with van der Waals surface area (Å²) >= 11 is 6.25. The van der Waals surface area contributed by atoms with Crippen LogP contribution in [0.5, 0.6) is 23.0 Å². The summed E-state index contributed by atoms with van der Waals surface area (Å²) < 4.78 is 21.6. The summed E-state index contributed by atoms with van der Waals surface area (Å²) in [6.45, 7) is 5.17. The lowest BCUT2D eigenvalue weighted by Crippen LogP contribution is -2.20. The first kappa shape index (κ1) is 22.4. The Morgan fingerprint density at radius 3 is 2.38 bits per heavy atom. The predicted octanol–water partition coefficient (Wildman–Crippen LogP) is 4.48. The van der Waals surface area contributed by atoms with Crippen molar-refractivity contribution < 1.29 is 23.7 Å². The molecule has 7 heteroatoms. The van der Waals surface area contributed by atoms with Crippen LogP contribution in [0.15, 0.2) is 36.4 Å². The Morgan fingerprint density at radius 2 is 1.72 bits per heavy atom. The summed E-state index contributed by atoms with van der Waals surface area (Å²) in [5.74, 6) is 2.07. The predicted molar refractivity (Wildman–Crippen MR) is 114 cm³/mol. The van der Waals surface area contributed by atoms with E-state index in [1.165, 1.54) is 6.08 Å². The van der Waals surface area contributed by atoms with Crippen LogP contribution in [0.25, 0.3) is 6.08 Å². The molecule has 0 aromatic heterocycles. The van der Waals surface area contributed by atoms with Gasteiger partial charge in [0, 0.05) is 12.6 Å². The molecule has 0 aliphatic heterocycles. The molecule has 0 saturated heterocycles. The molecule has 2 aromatic rings. The zero-order chi connectivity index (χ0) is 21.2. The number of ether oxygens (including phenoxy) is 4. The molecule has 0 heterocycles. The second-order valence-electron chi connectivity index (χ2n) is 5.94. The minimum atomic E-state index is -0.234. The average Bonchev–Trinajstić information content (AvgIpc) is 2.73. The van der Waals surface area contributed by atoms with Crippen molar-refractivity contribution in [1.82, 2.24) is 5.32 Å². The number of hydrogen-bond donors (Lipinski definition) is 1. The summed E-state index contributed by atoms with van der Waals surface area (Å²) in [7, 11) is 3.12. The standard InChI is InChI=1S/C22H26ClNO5/c1-5-28-18-9-7-16(13-19(18)26-3)14-24-21(25)10-8-15-11-17(23)22(29-6-2)20(12-15)27-4/h7-13H,5-6,14H2,1-4H3,(H,24,25)/b10-8+. The highest BCUT2D eigenvalue weighted by molar-refractivity contribution is 6.32. The second-order valence-corrected chi connectivity index (χ2v) is 6.34. The van der Waals surface area contributed by atoms with Gasteiger partial charge in [0.05, 0.1) is 32.5 Å². The van der Waals surface area contributed by atoms with Gasteiger partial charge in [0.1, 0.15) is 0 Å². The minimum Gasteiger partial charge on any atom is -0.493 e. The largest absolute Gasteiger partial charge is 0.493 e. The Labute approximate surface area is 176 Å². The molecule has 0 aliphatic rings. The van der Waals surface area contributed by atoms with Crippen LogP contribution in [-0.4, -0.2) is 33.3 Å². The van der Waals surface area contributed by atoms with Gasteiger partial charge in [0.25, 0.3) is 0 Å². The van der Waals surface area contributed by atoms with E-state index in [4.69, 9.17) is 30.5 Å². The van der Waals surface area contributed by atoms with Crippen molar-refractivity contribution in [3.05, 3.63) is 52.6 Å². The van der Waals surface area contributed by atoms with Crippen LogP contribution in [0.1, 0.15) is 25.0 Å². The number of rotatable bonds is 10. The molecule has 1 N–H and O–H groups in total. The third-order valence-electron chi connectivity index (χ3n) is 3.96. The SMILES string of the molecule is CCOc1ccc(CNC(=O)/C=C/c2cc(Cl)c(OCC)c(OC)c2)cc1OC. The van der Waals surface area contributed by atoms with Crippen LogP contribution in [0.2, 0.25) is 5.02 Å². The molecule has 0 bridgehead atoms. The van der Waals surface area contributed by atoms with Crippen molar-refractivity contribution in [2.75, 3.05) is 27.4 Å². The van der Waals surface area contributed by atoms with Crippen molar-refractivity contribution in [3.63, 3.8) is 0 Å². The molecule has 0 radical (unpaired) electrons. The number of nitrogens with one attached hydrogen (secondary N) is 1. The van der Waals surface area contributed by atoms with Gasteiger partial charge in [0.15, 0.2) is 23.0 Å². The Kier molecular flexibility index (Phi) is 8.68. The zero-order valence-electron chi connectivity index (χ0n) is 17.1. The fourth-order valence-electron chi connectivity index (χ4n) is 2.64. The maximum atomic E-state index is 12.2. The van der Waals surface area contributed by atoms with Gasteiger partial charge < -0.3 is 24.3 Å². The quantitative estimate of drug-likeness (QED) is 0.575. The molecule has 156 valence electrons. The first-order valence-electron chi connectivity index (χ1n) is 9.28. The molecule has 0 fully saturated rings. The van der Waals surface area contributed by atoms with E-state index in [2.05, 4.69) is 5.32 Å². The number of hydrogen-bond acceptors (Lipinski definition) is 5. The van der Waals surface area contributed by atoms with Crippen LogP contribution in [0.3, 0.4) is 0 Å². The third-order valence-corrected chi connectivity index (χ3v) is 4.24. The summed E-state index contributed by atoms with van der Waals surface area (Å²) in [5, 5.41) is 3.26. The van der Waals surface area contributed by atoms with Crippen LogP contribution < -0.4 is 24.3 Å². The lowest BCUT2D eigenvalue weighted by molar-refractivity contribution is -0.116. The number of methoxy groups -OCH3 is 2. The monoisotopic (exact) mass is 419 g/mol. The lowest BCUT2D eigenvalue weighted by atomic mass is 10.1. The number of benzene rings is 2. The van der Waals surface area contributed by atoms with E-state index in [-0.39, 0.29) is 5.91 Å². The molecule has 0 atom stereocenters. The maximum Gasteiger partial charge on any atom is 0.244 e. The van der Waals surface area contributed by atoms with Gasteiger partial charge >= 0.3 is 0 Å². The molecule has 0 saturated carbocycles. The topological polar surface area (TPSA) is 66.0 Å². The van der Waals surface area contributed by atoms with E-state index in [1.54, 1.807) is 32.4 Å². The smallest absolute Gasteiger partial charge is 0.244 e. The van der Waals surface area contributed by atoms with Gasteiger partial charge in [-0.25, -0.2) is 0 Å². The van der Waals surface area contributed by atoms with Crippen molar-refractivity contribution in [2.45, 2.75) is 20.4 Å². The summed E-state index contributed by atoms with van der Waals surface area (Å²) in [6, 6.07) is 9.03. The average molecular weight is 420 g/mol. The molecule has 29 heavy (non-hydrogen) atoms. The highest BCUT2D eigenvalue weighted by Gasteiger charge is 2.11. The molecule has 2 aromatic carbocycles. The highest BCUT2D eigenvalue weighted by atomic mass is 35.5. The first-order chi connectivity index (χ1) is 14.0. The second kappa shape index (κ2) is 11.2. The van der Waals surface area contributed by atoms with E-state index in [9.17, 15) is 4.79 Å². The molecule has 0 aliphatic carbocycles. The van der Waals surface area contributed by atoms with Gasteiger partial charge in [-0.2, -0.15) is 0 Å². The maximum absolute atomic E-state index is 12.2. The molecular formula is C22H26ClNO5.